The number of rotatable bonds is 3. The van der Waals surface area contributed by atoms with Crippen LogP contribution in [0, 0.1) is 18.2 Å². The molecule has 0 amide bonds. The summed E-state index contributed by atoms with van der Waals surface area (Å²) in [6, 6.07) is 50.1. The number of benzene rings is 8. The highest BCUT2D eigenvalue weighted by molar-refractivity contribution is 7.27. The molecule has 0 unspecified atom stereocenters. The third-order valence-electron chi connectivity index (χ3n) is 11.2. The van der Waals surface area contributed by atoms with Gasteiger partial charge in [0.05, 0.1) is 49.4 Å². The molecule has 4 aromatic heterocycles. The van der Waals surface area contributed by atoms with Crippen molar-refractivity contribution in [3.8, 4) is 22.5 Å². The van der Waals surface area contributed by atoms with E-state index in [-0.39, 0.29) is 0 Å². The van der Waals surface area contributed by atoms with Crippen LogP contribution in [0.5, 0.6) is 0 Å². The molecule has 0 aliphatic heterocycles. The Morgan fingerprint density at radius 1 is 0.446 bits per heavy atom. The summed E-state index contributed by atoms with van der Waals surface area (Å²) >= 11 is 3.54. The molecule has 8 aromatic carbocycles. The number of para-hydroxylation sites is 2. The molecule has 12 rings (SSSR count). The van der Waals surface area contributed by atoms with Crippen molar-refractivity contribution in [1.82, 2.24) is 9.13 Å². The number of fused-ring (bicyclic) bond motifs is 14. The van der Waals surface area contributed by atoms with Gasteiger partial charge in [0.25, 0.3) is 0 Å². The molecule has 0 aliphatic carbocycles. The summed E-state index contributed by atoms with van der Waals surface area (Å²) in [5, 5.41) is 9.14. The Balaban J connectivity index is 1.32. The van der Waals surface area contributed by atoms with E-state index in [1.807, 2.05) is 12.1 Å². The van der Waals surface area contributed by atoms with E-state index < -0.39 is 11.6 Å². The van der Waals surface area contributed by atoms with Gasteiger partial charge < -0.3 is 9.13 Å². The molecule has 12 aromatic rings. The van der Waals surface area contributed by atoms with Crippen LogP contribution in [0.3, 0.4) is 0 Å². The average molecular weight is 758 g/mol. The first kappa shape index (κ1) is 31.5. The smallest absolute Gasteiger partial charge is 0.197 e. The lowest BCUT2D eigenvalue weighted by atomic mass is 10.0. The predicted molar refractivity (Wildman–Crippen MR) is 233 cm³/mol. The van der Waals surface area contributed by atoms with Crippen LogP contribution >= 0.6 is 22.7 Å². The number of nitrogens with zero attached hydrogens (tertiary/aromatic N) is 3. The van der Waals surface area contributed by atoms with E-state index in [0.717, 1.165) is 75.8 Å². The van der Waals surface area contributed by atoms with Crippen LogP contribution in [0.25, 0.3) is 111 Å². The van der Waals surface area contributed by atoms with Gasteiger partial charge in [0.15, 0.2) is 5.69 Å². The number of hydrogen-bond acceptors (Lipinski definition) is 2. The number of thiophene rings is 2. The van der Waals surface area contributed by atoms with E-state index in [2.05, 4.69) is 135 Å². The minimum absolute atomic E-state index is 0.302. The first-order chi connectivity index (χ1) is 27.6. The number of halogens is 2. The van der Waals surface area contributed by atoms with Crippen LogP contribution < -0.4 is 0 Å². The van der Waals surface area contributed by atoms with Gasteiger partial charge >= 0.3 is 0 Å². The maximum Gasteiger partial charge on any atom is 0.197 e. The minimum Gasteiger partial charge on any atom is -0.307 e. The van der Waals surface area contributed by atoms with Crippen LogP contribution in [0.4, 0.5) is 14.5 Å². The molecule has 4 heterocycles. The van der Waals surface area contributed by atoms with Crippen LogP contribution in [0.1, 0.15) is 0 Å². The van der Waals surface area contributed by atoms with Gasteiger partial charge in [-0.2, -0.15) is 0 Å². The second kappa shape index (κ2) is 11.6. The highest BCUT2D eigenvalue weighted by Crippen LogP contribution is 2.48. The molecule has 0 bridgehead atoms. The Morgan fingerprint density at radius 3 is 1.41 bits per heavy atom. The van der Waals surface area contributed by atoms with Crippen molar-refractivity contribution in [3.63, 3.8) is 0 Å². The monoisotopic (exact) mass is 757 g/mol. The first-order valence-electron chi connectivity index (χ1n) is 18.3. The molecule has 262 valence electrons. The fourth-order valence-corrected chi connectivity index (χ4v) is 11.4. The SMILES string of the molecule is [C-]#[N+]c1cc(-n2c3ccccc3c3ccc4c5ccccc5sc4c32)c(-n2c3ccccc3c3ccc4c5ccccc5sc4c32)cc1-c1cc(F)cc(F)c1. The molecular weight excluding hydrogens is 733 g/mol. The summed E-state index contributed by atoms with van der Waals surface area (Å²) in [5.74, 6) is -1.39. The van der Waals surface area contributed by atoms with Gasteiger partial charge in [-0.1, -0.05) is 97.1 Å². The molecule has 0 aliphatic rings. The van der Waals surface area contributed by atoms with E-state index in [1.54, 1.807) is 22.7 Å². The van der Waals surface area contributed by atoms with Crippen LogP contribution in [0.2, 0.25) is 0 Å². The highest BCUT2D eigenvalue weighted by Gasteiger charge is 2.25. The lowest BCUT2D eigenvalue weighted by molar-refractivity contribution is 0.584. The van der Waals surface area contributed by atoms with Gasteiger partial charge in [0.1, 0.15) is 11.6 Å². The molecule has 0 N–H and O–H groups in total. The zero-order chi connectivity index (χ0) is 37.2. The van der Waals surface area contributed by atoms with Crippen molar-refractivity contribution in [2.24, 2.45) is 0 Å². The average Bonchev–Trinajstić information content (AvgIpc) is 3.98. The normalized spacial score (nSPS) is 12.1. The fraction of sp³-hybridized carbons (Fsp3) is 0. The lowest BCUT2D eigenvalue weighted by Crippen LogP contribution is -2.04. The van der Waals surface area contributed by atoms with Gasteiger partial charge in [0.2, 0.25) is 0 Å². The second-order valence-electron chi connectivity index (χ2n) is 14.2. The summed E-state index contributed by atoms with van der Waals surface area (Å²) in [6.07, 6.45) is 0. The third-order valence-corrected chi connectivity index (χ3v) is 13.6. The number of hydrogen-bond donors (Lipinski definition) is 0. The molecule has 0 saturated heterocycles. The molecule has 0 spiro atoms. The van der Waals surface area contributed by atoms with E-state index in [9.17, 15) is 8.78 Å². The first-order valence-corrected chi connectivity index (χ1v) is 19.9. The van der Waals surface area contributed by atoms with E-state index in [0.29, 0.717) is 16.8 Å². The van der Waals surface area contributed by atoms with Gasteiger partial charge in [-0.3, -0.25) is 0 Å². The van der Waals surface area contributed by atoms with Gasteiger partial charge in [-0.25, -0.2) is 13.6 Å². The maximum absolute atomic E-state index is 15.0. The summed E-state index contributed by atoms with van der Waals surface area (Å²) in [5.41, 5.74) is 6.77. The standard InChI is InChI=1S/C49H25F2N3S2/c1-52-39-26-43(54-41-15-7-3-11-31(41)35-19-21-37-33-13-5-9-17-45(33)56-49(37)47(35)54)42(25-38(39)27-22-28(50)24-29(51)23-27)53-40-14-6-2-10-30(40)34-18-20-36-32-12-4-8-16-44(32)55-48(36)46(34)53/h2-26H. The summed E-state index contributed by atoms with van der Waals surface area (Å²) in [4.78, 5) is 4.05. The molecular formula is C49H25F2N3S2. The van der Waals surface area contributed by atoms with Crippen LogP contribution in [-0.2, 0) is 0 Å². The van der Waals surface area contributed by atoms with E-state index in [1.165, 1.54) is 37.7 Å². The van der Waals surface area contributed by atoms with E-state index in [4.69, 9.17) is 6.57 Å². The van der Waals surface area contributed by atoms with Gasteiger partial charge in [-0.15, -0.1) is 22.7 Å². The minimum atomic E-state index is -0.694. The maximum atomic E-state index is 15.0. The molecule has 0 saturated carbocycles. The Kier molecular flexibility index (Phi) is 6.51. The highest BCUT2D eigenvalue weighted by atomic mass is 32.1. The van der Waals surface area contributed by atoms with Gasteiger partial charge in [-0.05, 0) is 59.7 Å². The summed E-state index contributed by atoms with van der Waals surface area (Å²) in [7, 11) is 0. The third kappa shape index (κ3) is 4.28. The molecule has 56 heavy (non-hydrogen) atoms. The van der Waals surface area contributed by atoms with Crippen molar-refractivity contribution < 1.29 is 8.78 Å². The van der Waals surface area contributed by atoms with E-state index >= 15 is 0 Å². The van der Waals surface area contributed by atoms with Crippen molar-refractivity contribution in [3.05, 3.63) is 175 Å². The molecule has 3 nitrogen and oxygen atoms in total. The lowest BCUT2D eigenvalue weighted by Gasteiger charge is -2.20. The van der Waals surface area contributed by atoms with Crippen molar-refractivity contribution in [1.29, 1.82) is 0 Å². The van der Waals surface area contributed by atoms with Crippen LogP contribution in [0.15, 0.2) is 152 Å². The number of aromatic nitrogens is 2. The fourth-order valence-electron chi connectivity index (χ4n) is 8.92. The van der Waals surface area contributed by atoms with Gasteiger partial charge in [0, 0.05) is 58.6 Å². The molecule has 0 atom stereocenters. The Bertz CT molecular complexity index is 3690. The van der Waals surface area contributed by atoms with Crippen molar-refractivity contribution in [2.45, 2.75) is 0 Å². The summed E-state index contributed by atoms with van der Waals surface area (Å²) in [6.45, 7) is 8.50. The van der Waals surface area contributed by atoms with Crippen LogP contribution in [-0.4, -0.2) is 9.13 Å². The second-order valence-corrected chi connectivity index (χ2v) is 16.3. The topological polar surface area (TPSA) is 14.2 Å². The largest absolute Gasteiger partial charge is 0.307 e. The van der Waals surface area contributed by atoms with Crippen molar-refractivity contribution >= 4 is 112 Å². The zero-order valence-corrected chi connectivity index (χ0v) is 31.0. The molecule has 0 fully saturated rings. The predicted octanol–water partition coefficient (Wildman–Crippen LogP) is 15.1. The Labute approximate surface area is 325 Å². The van der Waals surface area contributed by atoms with Crippen molar-refractivity contribution in [2.75, 3.05) is 0 Å². The Morgan fingerprint density at radius 2 is 0.893 bits per heavy atom. The Hall–Kier alpha value is -6.85. The molecule has 0 radical (unpaired) electrons. The molecule has 7 heteroatoms. The quantitative estimate of drug-likeness (QED) is 0.159. The zero-order valence-electron chi connectivity index (χ0n) is 29.3. The summed E-state index contributed by atoms with van der Waals surface area (Å²) < 4.78 is 39.3.